The quantitative estimate of drug-likeness (QED) is 0.698. The van der Waals surface area contributed by atoms with Crippen LogP contribution in [0.1, 0.15) is 44.9 Å². The van der Waals surface area contributed by atoms with Gasteiger partial charge in [-0.1, -0.05) is 18.2 Å². The molecule has 4 saturated carbocycles. The molecule has 4 bridgehead atoms. The van der Waals surface area contributed by atoms with Gasteiger partial charge in [0.1, 0.15) is 0 Å². The van der Waals surface area contributed by atoms with E-state index < -0.39 is 0 Å². The number of anilines is 1. The highest BCUT2D eigenvalue weighted by atomic mass is 16.2. The minimum absolute atomic E-state index is 0.0206. The van der Waals surface area contributed by atoms with Crippen molar-refractivity contribution in [2.45, 2.75) is 57.0 Å². The molecule has 0 aromatic heterocycles. The number of benzene rings is 1. The van der Waals surface area contributed by atoms with E-state index in [1.807, 2.05) is 30.3 Å². The van der Waals surface area contributed by atoms with E-state index in [9.17, 15) is 9.59 Å². The summed E-state index contributed by atoms with van der Waals surface area (Å²) in [5.41, 5.74) is 0.834. The molecule has 1 heterocycles. The smallest absolute Gasteiger partial charge is 0.315 e. The molecule has 6 rings (SSSR count). The van der Waals surface area contributed by atoms with E-state index in [0.717, 1.165) is 43.5 Å². The third-order valence-electron chi connectivity index (χ3n) is 7.87. The zero-order valence-corrected chi connectivity index (χ0v) is 17.7. The van der Waals surface area contributed by atoms with Crippen LogP contribution >= 0.6 is 0 Å². The molecule has 6 heteroatoms. The van der Waals surface area contributed by atoms with Gasteiger partial charge in [0.15, 0.2) is 0 Å². The predicted octanol–water partition coefficient (Wildman–Crippen LogP) is 3.21. The Kier molecular flexibility index (Phi) is 5.68. The average Bonchev–Trinajstić information content (AvgIpc) is 2.72. The molecule has 1 saturated heterocycles. The summed E-state index contributed by atoms with van der Waals surface area (Å²) in [5.74, 6) is 3.29. The van der Waals surface area contributed by atoms with Gasteiger partial charge in [-0.05, 0) is 80.8 Å². The summed E-state index contributed by atoms with van der Waals surface area (Å²) in [6.45, 7) is 2.08. The molecule has 3 amide bonds. The lowest BCUT2D eigenvalue weighted by atomic mass is 9.54. The Morgan fingerprint density at radius 1 is 0.867 bits per heavy atom. The lowest BCUT2D eigenvalue weighted by Gasteiger charge is -2.54. The van der Waals surface area contributed by atoms with Crippen molar-refractivity contribution in [2.24, 2.45) is 23.7 Å². The maximum absolute atomic E-state index is 12.7. The van der Waals surface area contributed by atoms with Gasteiger partial charge < -0.3 is 16.0 Å². The largest absolute Gasteiger partial charge is 0.335 e. The van der Waals surface area contributed by atoms with Crippen LogP contribution in [-0.4, -0.2) is 48.6 Å². The van der Waals surface area contributed by atoms with Crippen molar-refractivity contribution >= 4 is 17.6 Å². The van der Waals surface area contributed by atoms with E-state index in [1.54, 1.807) is 0 Å². The van der Waals surface area contributed by atoms with Crippen LogP contribution in [0.5, 0.6) is 0 Å². The zero-order chi connectivity index (χ0) is 20.5. The summed E-state index contributed by atoms with van der Waals surface area (Å²) in [5, 5.41) is 9.51. The van der Waals surface area contributed by atoms with Crippen LogP contribution in [0.3, 0.4) is 0 Å². The second-order valence-corrected chi connectivity index (χ2v) is 10.0. The fourth-order valence-electron chi connectivity index (χ4n) is 6.70. The molecule has 5 aliphatic rings. The van der Waals surface area contributed by atoms with Crippen molar-refractivity contribution in [3.8, 4) is 0 Å². The first-order chi connectivity index (χ1) is 14.6. The van der Waals surface area contributed by atoms with Gasteiger partial charge in [-0.2, -0.15) is 0 Å². The fourth-order valence-corrected chi connectivity index (χ4v) is 6.70. The summed E-state index contributed by atoms with van der Waals surface area (Å²) in [6.07, 6.45) is 8.51. The van der Waals surface area contributed by atoms with E-state index >= 15 is 0 Å². The van der Waals surface area contributed by atoms with Gasteiger partial charge in [-0.25, -0.2) is 4.79 Å². The SMILES string of the molecule is O=C(CN1CCC(NC(=O)NC2C3CC4CC(C3)CC2C4)CC1)Nc1ccccc1. The van der Waals surface area contributed by atoms with Gasteiger partial charge in [0.05, 0.1) is 6.54 Å². The molecule has 0 atom stereocenters. The number of urea groups is 1. The molecular weight excluding hydrogens is 376 g/mol. The van der Waals surface area contributed by atoms with Crippen molar-refractivity contribution < 1.29 is 9.59 Å². The summed E-state index contributed by atoms with van der Waals surface area (Å²) in [6, 6.07) is 10.2. The predicted molar refractivity (Wildman–Crippen MR) is 117 cm³/mol. The number of hydrogen-bond donors (Lipinski definition) is 3. The highest BCUT2D eigenvalue weighted by Gasteiger charge is 2.48. The Balaban J connectivity index is 1.03. The number of para-hydroxylation sites is 1. The van der Waals surface area contributed by atoms with Crippen LogP contribution in [0, 0.1) is 23.7 Å². The minimum atomic E-state index is 0.0206. The Bertz CT molecular complexity index is 732. The van der Waals surface area contributed by atoms with E-state index in [2.05, 4.69) is 20.9 Å². The van der Waals surface area contributed by atoms with E-state index in [1.165, 1.54) is 32.1 Å². The van der Waals surface area contributed by atoms with Crippen LogP contribution in [0.2, 0.25) is 0 Å². The Hall–Kier alpha value is -2.08. The van der Waals surface area contributed by atoms with Crippen molar-refractivity contribution in [2.75, 3.05) is 25.0 Å². The second-order valence-electron chi connectivity index (χ2n) is 10.0. The van der Waals surface area contributed by atoms with Crippen molar-refractivity contribution in [3.05, 3.63) is 30.3 Å². The molecule has 0 radical (unpaired) electrons. The van der Waals surface area contributed by atoms with Crippen LogP contribution in [-0.2, 0) is 4.79 Å². The molecule has 30 heavy (non-hydrogen) atoms. The van der Waals surface area contributed by atoms with Crippen LogP contribution in [0.25, 0.3) is 0 Å². The number of rotatable bonds is 5. The summed E-state index contributed by atoms with van der Waals surface area (Å²) in [4.78, 5) is 27.1. The second kappa shape index (κ2) is 8.58. The standard InChI is InChI=1S/C24H34N4O2/c29-22(25-20-4-2-1-3-5-20)15-28-8-6-21(7-9-28)26-24(30)27-23-18-11-16-10-17(13-18)14-19(23)12-16/h1-5,16-19,21,23H,6-15H2,(H,25,29)(H2,26,27,30). The molecule has 0 spiro atoms. The molecule has 5 fully saturated rings. The molecule has 1 aromatic carbocycles. The number of nitrogens with one attached hydrogen (secondary N) is 3. The topological polar surface area (TPSA) is 73.5 Å². The number of nitrogens with zero attached hydrogens (tertiary/aromatic N) is 1. The lowest BCUT2D eigenvalue weighted by molar-refractivity contribution is -0.117. The lowest BCUT2D eigenvalue weighted by Crippen LogP contribution is -2.58. The number of carbonyl (C=O) groups excluding carboxylic acids is 2. The normalized spacial score (nSPS) is 33.3. The molecule has 0 unspecified atom stereocenters. The third kappa shape index (κ3) is 4.48. The maximum atomic E-state index is 12.7. The summed E-state index contributed by atoms with van der Waals surface area (Å²) in [7, 11) is 0. The summed E-state index contributed by atoms with van der Waals surface area (Å²) < 4.78 is 0. The molecular formula is C24H34N4O2. The van der Waals surface area contributed by atoms with Gasteiger partial charge in [0, 0.05) is 30.9 Å². The molecule has 1 aromatic rings. The number of amides is 3. The van der Waals surface area contributed by atoms with E-state index in [0.29, 0.717) is 24.4 Å². The first kappa shape index (κ1) is 19.9. The van der Waals surface area contributed by atoms with Gasteiger partial charge >= 0.3 is 6.03 Å². The van der Waals surface area contributed by atoms with Crippen LogP contribution in [0.4, 0.5) is 10.5 Å². The van der Waals surface area contributed by atoms with E-state index in [4.69, 9.17) is 0 Å². The first-order valence-electron chi connectivity index (χ1n) is 11.8. The fraction of sp³-hybridized carbons (Fsp3) is 0.667. The van der Waals surface area contributed by atoms with Crippen molar-refractivity contribution in [1.29, 1.82) is 0 Å². The number of likely N-dealkylation sites (tertiary alicyclic amines) is 1. The number of carbonyl (C=O) groups is 2. The van der Waals surface area contributed by atoms with Gasteiger partial charge in [0.25, 0.3) is 0 Å². The molecule has 162 valence electrons. The number of hydrogen-bond acceptors (Lipinski definition) is 3. The first-order valence-corrected chi connectivity index (χ1v) is 11.8. The van der Waals surface area contributed by atoms with Crippen LogP contribution < -0.4 is 16.0 Å². The molecule has 4 aliphatic carbocycles. The van der Waals surface area contributed by atoms with Gasteiger partial charge in [-0.15, -0.1) is 0 Å². The third-order valence-corrected chi connectivity index (χ3v) is 7.87. The van der Waals surface area contributed by atoms with Crippen molar-refractivity contribution in [3.63, 3.8) is 0 Å². The summed E-state index contributed by atoms with van der Waals surface area (Å²) >= 11 is 0. The van der Waals surface area contributed by atoms with E-state index in [-0.39, 0.29) is 18.0 Å². The van der Waals surface area contributed by atoms with Gasteiger partial charge in [0.2, 0.25) is 5.91 Å². The number of piperidine rings is 1. The van der Waals surface area contributed by atoms with Crippen molar-refractivity contribution in [1.82, 2.24) is 15.5 Å². The zero-order valence-electron chi connectivity index (χ0n) is 17.7. The molecule has 3 N–H and O–H groups in total. The van der Waals surface area contributed by atoms with Gasteiger partial charge in [-0.3, -0.25) is 9.69 Å². The average molecular weight is 411 g/mol. The Labute approximate surface area is 179 Å². The monoisotopic (exact) mass is 410 g/mol. The maximum Gasteiger partial charge on any atom is 0.315 e. The highest BCUT2D eigenvalue weighted by molar-refractivity contribution is 5.92. The molecule has 1 aliphatic heterocycles. The molecule has 6 nitrogen and oxygen atoms in total. The van der Waals surface area contributed by atoms with Crippen LogP contribution in [0.15, 0.2) is 30.3 Å². The Morgan fingerprint density at radius 2 is 1.50 bits per heavy atom. The highest BCUT2D eigenvalue weighted by Crippen LogP contribution is 2.53. The Morgan fingerprint density at radius 3 is 2.13 bits per heavy atom. The minimum Gasteiger partial charge on any atom is -0.335 e.